The Balaban J connectivity index is 1.64. The molecule has 0 saturated heterocycles. The van der Waals surface area contributed by atoms with Crippen LogP contribution in [-0.4, -0.2) is 78.9 Å². The minimum atomic E-state index is -1.40. The number of carbonyl (C=O) groups is 6. The summed E-state index contributed by atoms with van der Waals surface area (Å²) in [5, 5.41) is 16.2. The molecule has 3 unspecified atom stereocenters. The third kappa shape index (κ3) is 12.4. The number of benzene rings is 2. The average molecular weight is 829 g/mol. The first-order chi connectivity index (χ1) is 28.4. The Morgan fingerprint density at radius 3 is 2.13 bits per heavy atom. The Kier molecular flexibility index (Phi) is 16.0. The van der Waals surface area contributed by atoms with Crippen molar-refractivity contribution in [3.63, 3.8) is 0 Å². The molecule has 3 aromatic rings. The van der Waals surface area contributed by atoms with Gasteiger partial charge in [0.1, 0.15) is 23.3 Å². The SMILES string of the molecule is C=Cc1cc(C(=O)Nc2ccc(C(=N)NC(=O)OC(C)OC(=O)C(C)C)cc2)c(-c2ccc(C(=O)NCC3CC3)nc2C(=O)OC(C)OC(=O)[C@@H](N)C(C)CC)cc1OC. The first-order valence-electron chi connectivity index (χ1n) is 19.5. The van der Waals surface area contributed by atoms with Crippen molar-refractivity contribution in [1.82, 2.24) is 15.6 Å². The number of amides is 3. The first-order valence-corrected chi connectivity index (χ1v) is 19.5. The predicted molar refractivity (Wildman–Crippen MR) is 221 cm³/mol. The van der Waals surface area contributed by atoms with Gasteiger partial charge < -0.3 is 40.1 Å². The van der Waals surface area contributed by atoms with E-state index in [1.807, 2.05) is 6.92 Å². The second kappa shape index (κ2) is 20.9. The standard InChI is InChI=1S/C43H52N6O11/c1-9-23(5)35(44)41(53)58-24(6)59-42(54)36-30(17-18-33(48-36)39(51)46-21-26-11-12-26)31-20-34(56-8)27(10-2)19-32(31)38(50)47-29-15-13-28(14-16-29)37(45)49-43(55)60-25(7)57-40(52)22(3)4/h10,13-20,22-26,35H,2,9,11-12,21,44H2,1,3-8H3,(H,46,51)(H,47,50)(H2,45,49,55)/t23?,24?,25?,35-/m0/s1. The zero-order chi connectivity index (χ0) is 44.3. The van der Waals surface area contributed by atoms with E-state index in [9.17, 15) is 28.8 Å². The number of amidine groups is 1. The molecule has 1 aliphatic rings. The zero-order valence-electron chi connectivity index (χ0n) is 34.7. The van der Waals surface area contributed by atoms with Crippen molar-refractivity contribution < 1.29 is 52.5 Å². The first kappa shape index (κ1) is 46.1. The van der Waals surface area contributed by atoms with Crippen molar-refractivity contribution in [2.75, 3.05) is 19.0 Å². The summed E-state index contributed by atoms with van der Waals surface area (Å²) in [6.07, 6.45) is 0.485. The lowest BCUT2D eigenvalue weighted by Crippen LogP contribution is -2.40. The maximum atomic E-state index is 14.1. The number of hydrogen-bond acceptors (Lipinski definition) is 14. The molecule has 1 heterocycles. The maximum Gasteiger partial charge on any atom is 0.415 e. The van der Waals surface area contributed by atoms with E-state index in [1.54, 1.807) is 20.8 Å². The lowest BCUT2D eigenvalue weighted by molar-refractivity contribution is -0.169. The van der Waals surface area contributed by atoms with Crippen LogP contribution in [0.5, 0.6) is 5.75 Å². The topological polar surface area (TPSA) is 247 Å². The van der Waals surface area contributed by atoms with Crippen molar-refractivity contribution in [1.29, 1.82) is 5.41 Å². The average Bonchev–Trinajstić information content (AvgIpc) is 4.06. The predicted octanol–water partition coefficient (Wildman–Crippen LogP) is 5.81. The largest absolute Gasteiger partial charge is 0.496 e. The summed E-state index contributed by atoms with van der Waals surface area (Å²) < 4.78 is 26.5. The third-order valence-electron chi connectivity index (χ3n) is 9.46. The van der Waals surface area contributed by atoms with Gasteiger partial charge in [0.15, 0.2) is 5.69 Å². The lowest BCUT2D eigenvalue weighted by Gasteiger charge is -2.21. The van der Waals surface area contributed by atoms with E-state index >= 15 is 0 Å². The highest BCUT2D eigenvalue weighted by Crippen LogP contribution is 2.35. The van der Waals surface area contributed by atoms with Crippen molar-refractivity contribution in [3.05, 3.63) is 83.2 Å². The normalized spacial score (nSPS) is 14.0. The van der Waals surface area contributed by atoms with E-state index in [-0.39, 0.29) is 45.4 Å². The number of methoxy groups -OCH3 is 1. The molecule has 0 spiro atoms. The Labute approximate surface area is 348 Å². The van der Waals surface area contributed by atoms with Crippen LogP contribution in [0, 0.1) is 23.2 Å². The molecule has 17 nitrogen and oxygen atoms in total. The Bertz CT molecular complexity index is 2120. The number of alkyl carbamates (subject to hydrolysis) is 1. The van der Waals surface area contributed by atoms with E-state index in [0.29, 0.717) is 35.9 Å². The fourth-order valence-electron chi connectivity index (χ4n) is 5.51. The van der Waals surface area contributed by atoms with Crippen LogP contribution in [0.1, 0.15) is 103 Å². The molecule has 3 amide bonds. The van der Waals surface area contributed by atoms with Crippen molar-refractivity contribution >= 4 is 53.4 Å². The second-order valence-electron chi connectivity index (χ2n) is 14.5. The molecule has 2 aromatic carbocycles. The minimum absolute atomic E-state index is 0.0417. The fraction of sp³-hybridized carbons (Fsp3) is 0.395. The van der Waals surface area contributed by atoms with Gasteiger partial charge in [0, 0.05) is 53.9 Å². The van der Waals surface area contributed by atoms with Crippen molar-refractivity contribution in [2.45, 2.75) is 79.4 Å². The second-order valence-corrected chi connectivity index (χ2v) is 14.5. The summed E-state index contributed by atoms with van der Waals surface area (Å²) in [4.78, 5) is 82.3. The molecule has 6 N–H and O–H groups in total. The number of anilines is 1. The lowest BCUT2D eigenvalue weighted by atomic mass is 9.94. The highest BCUT2D eigenvalue weighted by molar-refractivity contribution is 6.11. The van der Waals surface area contributed by atoms with Crippen molar-refractivity contribution in [3.8, 4) is 16.9 Å². The smallest absolute Gasteiger partial charge is 0.415 e. The number of nitrogens with zero attached hydrogens (tertiary/aromatic N) is 1. The number of hydrogen-bond donors (Lipinski definition) is 5. The molecule has 1 aliphatic carbocycles. The van der Waals surface area contributed by atoms with Crippen LogP contribution < -0.4 is 26.4 Å². The van der Waals surface area contributed by atoms with Gasteiger partial charge in [-0.25, -0.2) is 14.6 Å². The molecular weight excluding hydrogens is 777 g/mol. The number of rotatable bonds is 18. The van der Waals surface area contributed by atoms with Gasteiger partial charge in [-0.2, -0.15) is 0 Å². The number of pyridine rings is 1. The van der Waals surface area contributed by atoms with Crippen LogP contribution in [0.15, 0.2) is 55.1 Å². The maximum absolute atomic E-state index is 14.1. The van der Waals surface area contributed by atoms with Gasteiger partial charge in [-0.15, -0.1) is 0 Å². The molecule has 1 saturated carbocycles. The highest BCUT2D eigenvalue weighted by atomic mass is 16.7. The fourth-order valence-corrected chi connectivity index (χ4v) is 5.51. The number of nitrogens with one attached hydrogen (secondary N) is 4. The summed E-state index contributed by atoms with van der Waals surface area (Å²) >= 11 is 0. The number of ether oxygens (including phenoxy) is 5. The van der Waals surface area contributed by atoms with Crippen LogP contribution in [0.4, 0.5) is 10.5 Å². The number of carbonyl (C=O) groups excluding carboxylic acids is 6. The van der Waals surface area contributed by atoms with Gasteiger partial charge in [-0.3, -0.25) is 29.9 Å². The van der Waals surface area contributed by atoms with Gasteiger partial charge in [-0.1, -0.05) is 46.8 Å². The van der Waals surface area contributed by atoms with Gasteiger partial charge >= 0.3 is 24.0 Å². The number of esters is 3. The Hall–Kier alpha value is -6.62. The molecular formula is C43H52N6O11. The molecule has 1 fully saturated rings. The van der Waals surface area contributed by atoms with E-state index < -0.39 is 60.4 Å². The van der Waals surface area contributed by atoms with E-state index in [2.05, 4.69) is 27.5 Å². The Morgan fingerprint density at radius 2 is 1.53 bits per heavy atom. The molecule has 1 aromatic heterocycles. The monoisotopic (exact) mass is 828 g/mol. The Morgan fingerprint density at radius 1 is 0.883 bits per heavy atom. The highest BCUT2D eigenvalue weighted by Gasteiger charge is 2.29. The molecule has 0 radical (unpaired) electrons. The van der Waals surface area contributed by atoms with Crippen LogP contribution in [0.2, 0.25) is 0 Å². The third-order valence-corrected chi connectivity index (χ3v) is 9.46. The summed E-state index contributed by atoms with van der Waals surface area (Å²) in [6.45, 7) is 13.9. The summed E-state index contributed by atoms with van der Waals surface area (Å²) in [5.41, 5.74) is 6.86. The van der Waals surface area contributed by atoms with Crippen LogP contribution in [0.25, 0.3) is 17.2 Å². The van der Waals surface area contributed by atoms with E-state index in [4.69, 9.17) is 34.8 Å². The molecule has 0 bridgehead atoms. The van der Waals surface area contributed by atoms with E-state index in [0.717, 1.165) is 12.8 Å². The van der Waals surface area contributed by atoms with Gasteiger partial charge in [0.05, 0.1) is 13.0 Å². The summed E-state index contributed by atoms with van der Waals surface area (Å²) in [6, 6.07) is 10.9. The molecule has 4 rings (SSSR count). The molecule has 320 valence electrons. The number of aromatic nitrogens is 1. The minimum Gasteiger partial charge on any atom is -0.496 e. The van der Waals surface area contributed by atoms with Crippen LogP contribution >= 0.6 is 0 Å². The van der Waals surface area contributed by atoms with Gasteiger partial charge in [0.2, 0.25) is 12.6 Å². The van der Waals surface area contributed by atoms with Crippen molar-refractivity contribution in [2.24, 2.45) is 23.5 Å². The summed E-state index contributed by atoms with van der Waals surface area (Å²) in [5.74, 6) is -3.83. The van der Waals surface area contributed by atoms with Crippen LogP contribution in [-0.2, 0) is 28.5 Å². The summed E-state index contributed by atoms with van der Waals surface area (Å²) in [7, 11) is 1.42. The molecule has 60 heavy (non-hydrogen) atoms. The van der Waals surface area contributed by atoms with Gasteiger partial charge in [-0.05, 0) is 73.2 Å². The molecule has 17 heteroatoms. The van der Waals surface area contributed by atoms with Crippen LogP contribution in [0.3, 0.4) is 0 Å². The van der Waals surface area contributed by atoms with E-state index in [1.165, 1.54) is 75.6 Å². The molecule has 4 atom stereocenters. The number of nitrogens with two attached hydrogens (primary N) is 1. The van der Waals surface area contributed by atoms with Gasteiger partial charge in [0.25, 0.3) is 11.8 Å². The zero-order valence-corrected chi connectivity index (χ0v) is 34.7. The molecule has 0 aliphatic heterocycles. The quantitative estimate of drug-likeness (QED) is 0.0440.